The van der Waals surface area contributed by atoms with E-state index in [1.165, 1.54) is 11.2 Å². The van der Waals surface area contributed by atoms with Crippen molar-refractivity contribution in [3.8, 4) is 5.75 Å². The van der Waals surface area contributed by atoms with Crippen molar-refractivity contribution in [1.82, 2.24) is 4.90 Å². The fraction of sp³-hybridized carbons (Fsp3) is 0.231. The van der Waals surface area contributed by atoms with Gasteiger partial charge in [-0.2, -0.15) is 0 Å². The highest BCUT2D eigenvalue weighted by Gasteiger charge is 2.47. The molecular formula is C26H23NO5. The van der Waals surface area contributed by atoms with Crippen molar-refractivity contribution in [3.05, 3.63) is 95.0 Å². The molecule has 0 aliphatic carbocycles. The van der Waals surface area contributed by atoms with Crippen molar-refractivity contribution in [1.29, 1.82) is 0 Å². The van der Waals surface area contributed by atoms with Crippen LogP contribution in [0.25, 0.3) is 5.76 Å². The molecule has 2 aliphatic heterocycles. The second kappa shape index (κ2) is 8.04. The number of aliphatic hydroxyl groups excluding tert-OH is 1. The van der Waals surface area contributed by atoms with E-state index in [1.807, 2.05) is 43.3 Å². The zero-order chi connectivity index (χ0) is 22.2. The Balaban J connectivity index is 1.54. The predicted molar refractivity (Wildman–Crippen MR) is 118 cm³/mol. The number of furan rings is 1. The Morgan fingerprint density at radius 3 is 2.66 bits per heavy atom. The van der Waals surface area contributed by atoms with Crippen LogP contribution in [0, 0.1) is 0 Å². The maximum absolute atomic E-state index is 13.1. The Bertz CT molecular complexity index is 1200. The van der Waals surface area contributed by atoms with Crippen LogP contribution in [0.4, 0.5) is 0 Å². The molecule has 32 heavy (non-hydrogen) atoms. The first kappa shape index (κ1) is 20.1. The number of carbonyl (C=O) groups excluding carboxylic acids is 2. The fourth-order valence-corrected chi connectivity index (χ4v) is 4.47. The lowest BCUT2D eigenvalue weighted by atomic mass is 9.97. The zero-order valence-electron chi connectivity index (χ0n) is 17.7. The Hall–Kier alpha value is -3.80. The van der Waals surface area contributed by atoms with E-state index in [-0.39, 0.29) is 17.4 Å². The summed E-state index contributed by atoms with van der Waals surface area (Å²) in [4.78, 5) is 27.5. The summed E-state index contributed by atoms with van der Waals surface area (Å²) in [6, 6.07) is 17.7. The number of ether oxygens (including phenoxy) is 1. The number of ketones is 1. The number of hydrogen-bond donors (Lipinski definition) is 1. The number of rotatable bonds is 5. The lowest BCUT2D eigenvalue weighted by Gasteiger charge is -2.23. The molecule has 2 aromatic carbocycles. The number of fused-ring (bicyclic) bond motifs is 1. The first-order valence-corrected chi connectivity index (χ1v) is 10.7. The third-order valence-electron chi connectivity index (χ3n) is 6.01. The van der Waals surface area contributed by atoms with Gasteiger partial charge in [0.25, 0.3) is 11.7 Å². The average Bonchev–Trinajstić information content (AvgIpc) is 3.51. The molecule has 6 heteroatoms. The van der Waals surface area contributed by atoms with E-state index < -0.39 is 17.7 Å². The van der Waals surface area contributed by atoms with Gasteiger partial charge in [0.15, 0.2) is 0 Å². The summed E-state index contributed by atoms with van der Waals surface area (Å²) in [5.74, 6) is -0.324. The standard InChI is InChI=1S/C26H23NO5/c1-16-14-19-15-18(9-10-20(19)32-16)24(28)22-23(21-8-5-13-31-21)27(26(30)25(22)29)12-11-17-6-3-2-4-7-17/h2-10,13,15-16,23,28H,11-12,14H2,1H3/t16-,23+/m0/s1. The van der Waals surface area contributed by atoms with Crippen LogP contribution in [0.1, 0.15) is 35.4 Å². The number of benzene rings is 2. The minimum absolute atomic E-state index is 0.0462. The van der Waals surface area contributed by atoms with Gasteiger partial charge in [0.1, 0.15) is 29.4 Å². The van der Waals surface area contributed by atoms with E-state index >= 15 is 0 Å². The number of amides is 1. The summed E-state index contributed by atoms with van der Waals surface area (Å²) >= 11 is 0. The topological polar surface area (TPSA) is 80.0 Å². The van der Waals surface area contributed by atoms with Crippen LogP contribution in [-0.2, 0) is 22.4 Å². The van der Waals surface area contributed by atoms with Crippen LogP contribution in [0.3, 0.4) is 0 Å². The molecule has 0 bridgehead atoms. The highest BCUT2D eigenvalue weighted by atomic mass is 16.5. The van der Waals surface area contributed by atoms with E-state index in [2.05, 4.69) is 0 Å². The van der Waals surface area contributed by atoms with Gasteiger partial charge in [-0.3, -0.25) is 9.59 Å². The molecule has 2 atom stereocenters. The molecule has 1 aromatic heterocycles. The second-order valence-corrected chi connectivity index (χ2v) is 8.20. The molecule has 0 saturated carbocycles. The van der Waals surface area contributed by atoms with E-state index in [4.69, 9.17) is 9.15 Å². The van der Waals surface area contributed by atoms with Crippen molar-refractivity contribution in [2.24, 2.45) is 0 Å². The molecule has 5 rings (SSSR count). The molecule has 3 aromatic rings. The first-order valence-electron chi connectivity index (χ1n) is 10.7. The molecule has 1 saturated heterocycles. The molecule has 1 fully saturated rings. The maximum Gasteiger partial charge on any atom is 0.295 e. The SMILES string of the molecule is C[C@H]1Cc2cc(C(O)=C3C(=O)C(=O)N(CCc4ccccc4)[C@@H]3c3ccco3)ccc2O1. The number of carbonyl (C=O) groups is 2. The van der Waals surface area contributed by atoms with Crippen molar-refractivity contribution in [3.63, 3.8) is 0 Å². The smallest absolute Gasteiger partial charge is 0.295 e. The monoisotopic (exact) mass is 429 g/mol. The quantitative estimate of drug-likeness (QED) is 0.372. The fourth-order valence-electron chi connectivity index (χ4n) is 4.47. The third kappa shape index (κ3) is 3.47. The van der Waals surface area contributed by atoms with Gasteiger partial charge in [-0.15, -0.1) is 0 Å². The molecule has 1 amide bonds. The van der Waals surface area contributed by atoms with Crippen molar-refractivity contribution >= 4 is 17.4 Å². The molecule has 3 heterocycles. The van der Waals surface area contributed by atoms with Crippen LogP contribution < -0.4 is 4.74 Å². The van der Waals surface area contributed by atoms with E-state index in [0.717, 1.165) is 23.3 Å². The Morgan fingerprint density at radius 2 is 1.91 bits per heavy atom. The van der Waals surface area contributed by atoms with E-state index in [1.54, 1.807) is 24.3 Å². The molecule has 0 unspecified atom stereocenters. The zero-order valence-corrected chi connectivity index (χ0v) is 17.7. The van der Waals surface area contributed by atoms with Crippen LogP contribution in [0.15, 0.2) is 76.9 Å². The summed E-state index contributed by atoms with van der Waals surface area (Å²) in [6.07, 6.45) is 2.87. The molecule has 2 aliphatic rings. The number of Topliss-reactive ketones (excluding diaryl/α,β-unsaturated/α-hetero) is 1. The van der Waals surface area contributed by atoms with Gasteiger partial charge in [0, 0.05) is 18.5 Å². The summed E-state index contributed by atoms with van der Waals surface area (Å²) in [5, 5.41) is 11.2. The van der Waals surface area contributed by atoms with Gasteiger partial charge in [-0.25, -0.2) is 0 Å². The van der Waals surface area contributed by atoms with Gasteiger partial charge in [0.2, 0.25) is 0 Å². The predicted octanol–water partition coefficient (Wildman–Crippen LogP) is 4.27. The first-order chi connectivity index (χ1) is 15.5. The van der Waals surface area contributed by atoms with Gasteiger partial charge in [0.05, 0.1) is 11.8 Å². The van der Waals surface area contributed by atoms with Gasteiger partial charge in [-0.05, 0) is 54.8 Å². The molecular weight excluding hydrogens is 406 g/mol. The Kier molecular flexibility index (Phi) is 5.05. The number of likely N-dealkylation sites (tertiary alicyclic amines) is 1. The molecule has 0 spiro atoms. The van der Waals surface area contributed by atoms with E-state index in [9.17, 15) is 14.7 Å². The van der Waals surface area contributed by atoms with Crippen molar-refractivity contribution in [2.75, 3.05) is 6.54 Å². The average molecular weight is 429 g/mol. The summed E-state index contributed by atoms with van der Waals surface area (Å²) in [5.41, 5.74) is 2.55. The Morgan fingerprint density at radius 1 is 1.09 bits per heavy atom. The van der Waals surface area contributed by atoms with Crippen LogP contribution in [0.2, 0.25) is 0 Å². The highest BCUT2D eigenvalue weighted by Crippen LogP contribution is 2.40. The van der Waals surface area contributed by atoms with Crippen LogP contribution >= 0.6 is 0 Å². The summed E-state index contributed by atoms with van der Waals surface area (Å²) in [7, 11) is 0. The lowest BCUT2D eigenvalue weighted by molar-refractivity contribution is -0.140. The highest BCUT2D eigenvalue weighted by molar-refractivity contribution is 6.46. The van der Waals surface area contributed by atoms with Crippen LogP contribution in [-0.4, -0.2) is 34.3 Å². The summed E-state index contributed by atoms with van der Waals surface area (Å²) < 4.78 is 11.3. The molecule has 162 valence electrons. The normalized spacial score (nSPS) is 21.6. The third-order valence-corrected chi connectivity index (χ3v) is 6.01. The van der Waals surface area contributed by atoms with Gasteiger partial charge >= 0.3 is 0 Å². The lowest BCUT2D eigenvalue weighted by Crippen LogP contribution is -2.31. The number of aliphatic hydroxyl groups is 1. The number of nitrogens with zero attached hydrogens (tertiary/aromatic N) is 1. The molecule has 6 nitrogen and oxygen atoms in total. The second-order valence-electron chi connectivity index (χ2n) is 8.20. The largest absolute Gasteiger partial charge is 0.507 e. The van der Waals surface area contributed by atoms with Gasteiger partial charge in [-0.1, -0.05) is 30.3 Å². The Labute approximate surface area is 185 Å². The minimum Gasteiger partial charge on any atom is -0.507 e. The minimum atomic E-state index is -0.780. The van der Waals surface area contributed by atoms with Gasteiger partial charge < -0.3 is 19.2 Å². The molecule has 0 radical (unpaired) electrons. The number of hydrogen-bond acceptors (Lipinski definition) is 5. The molecule has 1 N–H and O–H groups in total. The van der Waals surface area contributed by atoms with E-state index in [0.29, 0.717) is 24.3 Å². The maximum atomic E-state index is 13.1. The van der Waals surface area contributed by atoms with Crippen LogP contribution in [0.5, 0.6) is 5.75 Å². The van der Waals surface area contributed by atoms with Crippen molar-refractivity contribution in [2.45, 2.75) is 31.9 Å². The van der Waals surface area contributed by atoms with Crippen molar-refractivity contribution < 1.29 is 23.8 Å². The summed E-state index contributed by atoms with van der Waals surface area (Å²) in [6.45, 7) is 2.31.